The Morgan fingerprint density at radius 1 is 0.852 bits per heavy atom. The van der Waals surface area contributed by atoms with Crippen molar-refractivity contribution in [1.29, 1.82) is 0 Å². The fourth-order valence-corrected chi connectivity index (χ4v) is 5.40. The van der Waals surface area contributed by atoms with Gasteiger partial charge in [-0.25, -0.2) is 0 Å². The first kappa shape index (κ1) is 18.3. The molecule has 3 aliphatic heterocycles. The van der Waals surface area contributed by atoms with Gasteiger partial charge < -0.3 is 28.4 Å². The van der Waals surface area contributed by atoms with Crippen LogP contribution in [0, 0.1) is 0 Å². The molecule has 0 amide bonds. The number of esters is 1. The lowest BCUT2D eigenvalue weighted by Gasteiger charge is -2.35. The summed E-state index contributed by atoms with van der Waals surface area (Å²) in [5.74, 6) is -1.40. The molecule has 2 saturated carbocycles. The fourth-order valence-electron chi connectivity index (χ4n) is 5.40. The van der Waals surface area contributed by atoms with Crippen molar-refractivity contribution in [2.45, 2.75) is 113 Å². The first-order valence-electron chi connectivity index (χ1n) is 10.6. The normalized spacial score (nSPS) is 42.5. The highest BCUT2D eigenvalue weighted by Gasteiger charge is 2.62. The summed E-state index contributed by atoms with van der Waals surface area (Å²) in [7, 11) is 0. The first-order valence-corrected chi connectivity index (χ1v) is 10.6. The van der Waals surface area contributed by atoms with E-state index in [1.165, 1.54) is 19.8 Å². The number of fused-ring (bicyclic) bond motifs is 1. The van der Waals surface area contributed by atoms with Gasteiger partial charge in [0.25, 0.3) is 0 Å². The zero-order chi connectivity index (χ0) is 18.5. The van der Waals surface area contributed by atoms with Crippen molar-refractivity contribution in [3.63, 3.8) is 0 Å². The largest absolute Gasteiger partial charge is 0.457 e. The van der Waals surface area contributed by atoms with Crippen LogP contribution >= 0.6 is 0 Å². The summed E-state index contributed by atoms with van der Waals surface area (Å²) in [5, 5.41) is 0. The molecule has 27 heavy (non-hydrogen) atoms. The van der Waals surface area contributed by atoms with Crippen LogP contribution < -0.4 is 0 Å². The van der Waals surface area contributed by atoms with Gasteiger partial charge in [0.1, 0.15) is 12.2 Å². The molecule has 2 spiro atoms. The number of rotatable bonds is 2. The summed E-state index contributed by atoms with van der Waals surface area (Å²) in [5.41, 5.74) is 0. The third-order valence-corrected chi connectivity index (χ3v) is 6.66. The van der Waals surface area contributed by atoms with E-state index in [0.717, 1.165) is 51.4 Å². The summed E-state index contributed by atoms with van der Waals surface area (Å²) in [6.07, 6.45) is 8.27. The van der Waals surface area contributed by atoms with Gasteiger partial charge >= 0.3 is 5.97 Å². The number of hydrogen-bond donors (Lipinski definition) is 0. The first-order chi connectivity index (χ1) is 13.1. The standard InChI is InChI=1S/C20H30O7/c1-13(21)23-16-15(14-12-22-19(25-14)8-4-2-5-9-19)24-18-17(16)26-20(27-18)10-6-3-7-11-20/h14-18H,2-12H2,1H3/t14-,15-,16+,17-,18-/m1/s1. The monoisotopic (exact) mass is 382 g/mol. The van der Waals surface area contributed by atoms with Crippen LogP contribution in [0.3, 0.4) is 0 Å². The van der Waals surface area contributed by atoms with Crippen LogP contribution in [0.15, 0.2) is 0 Å². The minimum Gasteiger partial charge on any atom is -0.457 e. The van der Waals surface area contributed by atoms with Crippen LogP contribution in [0.25, 0.3) is 0 Å². The molecule has 152 valence electrons. The molecule has 0 unspecified atom stereocenters. The molecule has 0 aromatic carbocycles. The number of ether oxygens (including phenoxy) is 6. The highest BCUT2D eigenvalue weighted by atomic mass is 16.9. The molecule has 7 heteroatoms. The Morgan fingerprint density at radius 3 is 2.19 bits per heavy atom. The molecule has 0 aromatic rings. The van der Waals surface area contributed by atoms with Crippen molar-refractivity contribution in [2.24, 2.45) is 0 Å². The van der Waals surface area contributed by atoms with E-state index in [1.807, 2.05) is 0 Å². The smallest absolute Gasteiger partial charge is 0.303 e. The summed E-state index contributed by atoms with van der Waals surface area (Å²) in [6.45, 7) is 1.87. The summed E-state index contributed by atoms with van der Waals surface area (Å²) < 4.78 is 36.8. The molecule has 5 rings (SSSR count). The summed E-state index contributed by atoms with van der Waals surface area (Å²) >= 11 is 0. The average Bonchev–Trinajstić information content (AvgIpc) is 3.29. The maximum Gasteiger partial charge on any atom is 0.303 e. The third-order valence-electron chi connectivity index (χ3n) is 6.66. The Balaban J connectivity index is 1.31. The van der Waals surface area contributed by atoms with Gasteiger partial charge in [-0.3, -0.25) is 4.79 Å². The van der Waals surface area contributed by atoms with Gasteiger partial charge in [0.2, 0.25) is 0 Å². The molecule has 0 radical (unpaired) electrons. The van der Waals surface area contributed by atoms with Crippen molar-refractivity contribution < 1.29 is 33.2 Å². The Hall–Kier alpha value is -0.730. The summed E-state index contributed by atoms with van der Waals surface area (Å²) in [4.78, 5) is 11.8. The highest BCUT2D eigenvalue weighted by molar-refractivity contribution is 5.66. The van der Waals surface area contributed by atoms with E-state index in [0.29, 0.717) is 6.61 Å². The van der Waals surface area contributed by atoms with Crippen molar-refractivity contribution in [3.8, 4) is 0 Å². The van der Waals surface area contributed by atoms with Crippen molar-refractivity contribution in [2.75, 3.05) is 6.61 Å². The van der Waals surface area contributed by atoms with Crippen LogP contribution in [0.1, 0.15) is 71.1 Å². The predicted octanol–water partition coefficient (Wildman–Crippen LogP) is 2.79. The zero-order valence-corrected chi connectivity index (χ0v) is 16.0. The van der Waals surface area contributed by atoms with Crippen LogP contribution in [-0.2, 0) is 33.2 Å². The molecular weight excluding hydrogens is 352 g/mol. The topological polar surface area (TPSA) is 72.5 Å². The summed E-state index contributed by atoms with van der Waals surface area (Å²) in [6, 6.07) is 0. The van der Waals surface area contributed by atoms with Gasteiger partial charge in [-0.05, 0) is 25.7 Å². The Bertz CT molecular complexity index is 567. The minimum absolute atomic E-state index is 0.271. The Morgan fingerprint density at radius 2 is 1.52 bits per heavy atom. The van der Waals surface area contributed by atoms with Crippen molar-refractivity contribution in [3.05, 3.63) is 0 Å². The zero-order valence-electron chi connectivity index (χ0n) is 16.0. The van der Waals surface area contributed by atoms with Crippen LogP contribution in [0.4, 0.5) is 0 Å². The average molecular weight is 382 g/mol. The molecule has 3 saturated heterocycles. The van der Waals surface area contributed by atoms with E-state index in [4.69, 9.17) is 28.4 Å². The molecular formula is C20H30O7. The molecule has 5 fully saturated rings. The number of carbonyl (C=O) groups excluding carboxylic acids is 1. The molecule has 0 aromatic heterocycles. The van der Waals surface area contributed by atoms with E-state index in [2.05, 4.69) is 0 Å². The lowest BCUT2D eigenvalue weighted by Crippen LogP contribution is -2.46. The van der Waals surface area contributed by atoms with E-state index < -0.39 is 36.2 Å². The van der Waals surface area contributed by atoms with Crippen LogP contribution in [-0.4, -0.2) is 54.9 Å². The predicted molar refractivity (Wildman–Crippen MR) is 92.6 cm³/mol. The Kier molecular flexibility index (Phi) is 4.71. The molecule has 5 aliphatic rings. The fraction of sp³-hybridized carbons (Fsp3) is 0.950. The van der Waals surface area contributed by atoms with Gasteiger partial charge in [-0.2, -0.15) is 0 Å². The SMILES string of the molecule is CC(=O)O[C@@H]1[C@H]2OC3(CCCCC3)O[C@H]2O[C@@H]1[C@H]1COC2(CCCCC2)O1. The second kappa shape index (κ2) is 6.95. The van der Waals surface area contributed by atoms with E-state index >= 15 is 0 Å². The second-order valence-corrected chi connectivity index (χ2v) is 8.65. The molecule has 5 atom stereocenters. The molecule has 3 heterocycles. The number of hydrogen-bond acceptors (Lipinski definition) is 7. The number of carbonyl (C=O) groups is 1. The second-order valence-electron chi connectivity index (χ2n) is 8.65. The van der Waals surface area contributed by atoms with E-state index in [-0.39, 0.29) is 12.1 Å². The maximum atomic E-state index is 11.8. The molecule has 0 bridgehead atoms. The van der Waals surface area contributed by atoms with E-state index in [9.17, 15) is 4.79 Å². The van der Waals surface area contributed by atoms with Gasteiger partial charge in [0, 0.05) is 32.6 Å². The Labute approximate surface area is 159 Å². The lowest BCUT2D eigenvalue weighted by molar-refractivity contribution is -0.261. The quantitative estimate of drug-likeness (QED) is 0.680. The van der Waals surface area contributed by atoms with Gasteiger partial charge in [-0.1, -0.05) is 12.8 Å². The molecule has 2 aliphatic carbocycles. The maximum absolute atomic E-state index is 11.8. The molecule has 7 nitrogen and oxygen atoms in total. The third kappa shape index (κ3) is 3.31. The van der Waals surface area contributed by atoms with Gasteiger partial charge in [-0.15, -0.1) is 0 Å². The van der Waals surface area contributed by atoms with Crippen LogP contribution in [0.5, 0.6) is 0 Å². The highest BCUT2D eigenvalue weighted by Crippen LogP contribution is 2.48. The molecule has 0 N–H and O–H groups in total. The van der Waals surface area contributed by atoms with Crippen molar-refractivity contribution >= 4 is 5.97 Å². The van der Waals surface area contributed by atoms with Gasteiger partial charge in [0.05, 0.1) is 6.61 Å². The van der Waals surface area contributed by atoms with Gasteiger partial charge in [0.15, 0.2) is 30.1 Å². The van der Waals surface area contributed by atoms with Crippen molar-refractivity contribution in [1.82, 2.24) is 0 Å². The van der Waals surface area contributed by atoms with E-state index in [1.54, 1.807) is 0 Å². The minimum atomic E-state index is -0.575. The van der Waals surface area contributed by atoms with Crippen LogP contribution in [0.2, 0.25) is 0 Å². The lowest BCUT2D eigenvalue weighted by atomic mass is 9.94.